The van der Waals surface area contributed by atoms with Crippen LogP contribution in [0.1, 0.15) is 22.3 Å². The predicted octanol–water partition coefficient (Wildman–Crippen LogP) is 12.4. The van der Waals surface area contributed by atoms with Gasteiger partial charge in [-0.05, 0) is 104 Å². The molecule has 0 unspecified atom stereocenters. The zero-order valence-electron chi connectivity index (χ0n) is 38.8. The third kappa shape index (κ3) is 9.10. The van der Waals surface area contributed by atoms with Gasteiger partial charge in [0.2, 0.25) is 0 Å². The van der Waals surface area contributed by atoms with Crippen molar-refractivity contribution in [1.29, 1.82) is 0 Å². The molecule has 355 valence electrons. The number of nitrogens with zero attached hydrogens (tertiary/aromatic N) is 8. The van der Waals surface area contributed by atoms with Gasteiger partial charge in [-0.2, -0.15) is 0 Å². The molecular formula is C60H40CuN8O4. The van der Waals surface area contributed by atoms with Crippen LogP contribution in [0.3, 0.4) is 0 Å². The molecule has 0 fully saturated rings. The van der Waals surface area contributed by atoms with Gasteiger partial charge < -0.3 is 48.9 Å². The van der Waals surface area contributed by atoms with Gasteiger partial charge in [0, 0.05) is 39.3 Å². The second-order valence-corrected chi connectivity index (χ2v) is 17.4. The molecular weight excluding hydrogens is 960 g/mol. The molecule has 13 rings (SSSR count). The van der Waals surface area contributed by atoms with E-state index in [-0.39, 0.29) is 17.1 Å². The van der Waals surface area contributed by atoms with E-state index < -0.39 is 0 Å². The SMILES string of the molecule is [Cu+2].c1ccc(COc2ccc3c(c2)-c2nc-3nc3[n-]c(nc4nc(nc5[n-]c(n2)c2ccc(OCc6ccccc6)cc52)-c2cccc(OCc5ccccc5)c2-4)c2ccc(OCc4ccccc4)cc32)cc1. The molecule has 11 aromatic rings. The van der Waals surface area contributed by atoms with Crippen molar-refractivity contribution in [2.45, 2.75) is 26.4 Å². The van der Waals surface area contributed by atoms with Crippen LogP contribution in [0.15, 0.2) is 194 Å². The van der Waals surface area contributed by atoms with E-state index in [1.807, 2.05) is 194 Å². The summed E-state index contributed by atoms with van der Waals surface area (Å²) in [6.07, 6.45) is 0. The van der Waals surface area contributed by atoms with Crippen LogP contribution in [0.2, 0.25) is 0 Å². The standard InChI is InChI=1S/C60H40N8O4.Cu/c1-5-14-37(15-6-1)33-69-41-24-27-44-48(30-41)57-61-53(44)63-58-50-32-43(71-35-39-18-9-3-10-19-39)26-29-46(50)55(65-58)67-60-52-47(22-13-23-51(52)72-36-40-20-11-4-12-21-40)56(68-60)66-59-49-31-42(25-28-45(49)54(62-57)64-59)70-34-38-16-7-2-8-17-38;/h1-32H,33-36H2;/q-2;+2. The maximum atomic E-state index is 6.58. The van der Waals surface area contributed by atoms with Crippen LogP contribution in [0.5, 0.6) is 23.0 Å². The van der Waals surface area contributed by atoms with Crippen molar-refractivity contribution in [2.24, 2.45) is 0 Å². The molecule has 12 nitrogen and oxygen atoms in total. The first-order valence-electron chi connectivity index (χ1n) is 23.6. The number of benzene rings is 8. The van der Waals surface area contributed by atoms with Gasteiger partial charge in [0.1, 0.15) is 49.4 Å². The number of fused-ring (bicyclic) bond motifs is 20. The van der Waals surface area contributed by atoms with Crippen LogP contribution in [-0.2, 0) is 43.5 Å². The topological polar surface area (TPSA) is 142 Å². The minimum atomic E-state index is 0. The Labute approximate surface area is 429 Å². The number of ether oxygens (including phenoxy) is 4. The van der Waals surface area contributed by atoms with Gasteiger partial charge in [-0.25, -0.2) is 9.97 Å². The first kappa shape index (κ1) is 45.0. The first-order valence-corrected chi connectivity index (χ1v) is 23.6. The summed E-state index contributed by atoms with van der Waals surface area (Å²) >= 11 is 0. The number of hydrogen-bond acceptors (Lipinski definition) is 10. The number of rotatable bonds is 12. The molecule has 5 heterocycles. The zero-order chi connectivity index (χ0) is 47.8. The van der Waals surface area contributed by atoms with E-state index in [2.05, 4.69) is 0 Å². The number of aromatic nitrogens is 8. The zero-order valence-corrected chi connectivity index (χ0v) is 39.8. The smallest absolute Gasteiger partial charge is 0.489 e. The van der Waals surface area contributed by atoms with Crippen molar-refractivity contribution in [3.05, 3.63) is 216 Å². The maximum Gasteiger partial charge on any atom is 2.00 e. The summed E-state index contributed by atoms with van der Waals surface area (Å²) in [5.41, 5.74) is 8.67. The van der Waals surface area contributed by atoms with Crippen molar-refractivity contribution < 1.29 is 36.0 Å². The predicted molar refractivity (Wildman–Crippen MR) is 277 cm³/mol. The van der Waals surface area contributed by atoms with Gasteiger partial charge in [-0.15, -0.1) is 0 Å². The van der Waals surface area contributed by atoms with Crippen molar-refractivity contribution >= 4 is 44.1 Å². The largest absolute Gasteiger partial charge is 2.00 e. The Kier molecular flexibility index (Phi) is 12.1. The Hall–Kier alpha value is -9.16. The van der Waals surface area contributed by atoms with Crippen LogP contribution < -0.4 is 28.9 Å². The molecule has 0 N–H and O–H groups in total. The Balaban J connectivity index is 0.00000543. The molecule has 0 saturated carbocycles. The van der Waals surface area contributed by atoms with E-state index in [9.17, 15) is 0 Å². The molecule has 1 radical (unpaired) electrons. The van der Waals surface area contributed by atoms with Gasteiger partial charge in [-0.1, -0.05) is 133 Å². The summed E-state index contributed by atoms with van der Waals surface area (Å²) in [6.45, 7) is 1.48. The average molecular weight is 1000 g/mol. The molecule has 0 aliphatic carbocycles. The Bertz CT molecular complexity index is 3960. The molecule has 0 atom stereocenters. The second kappa shape index (κ2) is 19.6. The summed E-state index contributed by atoms with van der Waals surface area (Å²) in [5, 5.41) is 2.94. The molecule has 8 aromatic carbocycles. The van der Waals surface area contributed by atoms with E-state index in [1.165, 1.54) is 0 Å². The quantitative estimate of drug-likeness (QED) is 0.108. The van der Waals surface area contributed by atoms with E-state index in [0.717, 1.165) is 60.5 Å². The molecule has 8 bridgehead atoms. The molecule has 73 heavy (non-hydrogen) atoms. The van der Waals surface area contributed by atoms with Crippen molar-refractivity contribution in [1.82, 2.24) is 39.9 Å². The molecule has 3 aromatic heterocycles. The molecule has 2 aliphatic heterocycles. The molecule has 0 amide bonds. The van der Waals surface area contributed by atoms with Gasteiger partial charge >= 0.3 is 17.1 Å². The van der Waals surface area contributed by atoms with E-state index in [1.54, 1.807) is 0 Å². The fourth-order valence-corrected chi connectivity index (χ4v) is 8.96. The molecule has 0 saturated heterocycles. The third-order valence-electron chi connectivity index (χ3n) is 12.6. The average Bonchev–Trinajstić information content (AvgIpc) is 4.17. The van der Waals surface area contributed by atoms with Gasteiger partial charge in [0.15, 0.2) is 0 Å². The van der Waals surface area contributed by atoms with Crippen LogP contribution in [0.4, 0.5) is 0 Å². The minimum Gasteiger partial charge on any atom is -0.489 e. The maximum absolute atomic E-state index is 6.58. The summed E-state index contributed by atoms with van der Waals surface area (Å²) in [6, 6.07) is 63.6. The van der Waals surface area contributed by atoms with Gasteiger partial charge in [0.05, 0.1) is 28.9 Å². The van der Waals surface area contributed by atoms with E-state index in [0.29, 0.717) is 101 Å². The van der Waals surface area contributed by atoms with E-state index in [4.69, 9.17) is 58.8 Å². The van der Waals surface area contributed by atoms with E-state index >= 15 is 0 Å². The van der Waals surface area contributed by atoms with Crippen molar-refractivity contribution in [3.63, 3.8) is 0 Å². The first-order chi connectivity index (χ1) is 35.6. The summed E-state index contributed by atoms with van der Waals surface area (Å²) in [7, 11) is 0. The fraction of sp³-hybridized carbons (Fsp3) is 0.0667. The van der Waals surface area contributed by atoms with Crippen LogP contribution in [0, 0.1) is 0 Å². The fourth-order valence-electron chi connectivity index (χ4n) is 8.96. The van der Waals surface area contributed by atoms with Gasteiger partial charge in [0.25, 0.3) is 0 Å². The van der Waals surface area contributed by atoms with Crippen LogP contribution in [-0.4, -0.2) is 29.9 Å². The normalized spacial score (nSPS) is 11.4. The molecule has 13 heteroatoms. The Morgan fingerprint density at radius 1 is 0.301 bits per heavy atom. The van der Waals surface area contributed by atoms with Crippen LogP contribution in [0.25, 0.3) is 89.7 Å². The monoisotopic (exact) mass is 999 g/mol. The third-order valence-corrected chi connectivity index (χ3v) is 12.6. The number of hydrogen-bond donors (Lipinski definition) is 0. The van der Waals surface area contributed by atoms with Crippen LogP contribution >= 0.6 is 0 Å². The minimum absolute atomic E-state index is 0. The molecule has 2 aliphatic rings. The van der Waals surface area contributed by atoms with Crippen molar-refractivity contribution in [2.75, 3.05) is 0 Å². The summed E-state index contributed by atoms with van der Waals surface area (Å²) in [5.74, 6) is 4.15. The molecule has 0 spiro atoms. The summed E-state index contributed by atoms with van der Waals surface area (Å²) < 4.78 is 25.6. The van der Waals surface area contributed by atoms with Gasteiger partial charge in [-0.3, -0.25) is 0 Å². The Morgan fingerprint density at radius 2 is 0.699 bits per heavy atom. The Morgan fingerprint density at radius 3 is 1.21 bits per heavy atom. The van der Waals surface area contributed by atoms with Crippen molar-refractivity contribution in [3.8, 4) is 68.5 Å². The summed E-state index contributed by atoms with van der Waals surface area (Å²) in [4.78, 5) is 41.5. The second-order valence-electron chi connectivity index (χ2n) is 17.4.